The maximum Gasteiger partial charge on any atom is 0.131 e. The van der Waals surface area contributed by atoms with Gasteiger partial charge in [0.1, 0.15) is 18.2 Å². The Morgan fingerprint density at radius 2 is 1.69 bits per heavy atom. The van der Waals surface area contributed by atoms with Crippen LogP contribution in [0.2, 0.25) is 5.02 Å². The summed E-state index contributed by atoms with van der Waals surface area (Å²) in [5.74, 6) is 0.331. The lowest BCUT2D eigenvalue weighted by atomic mass is 10.1. The average molecular weight is 370 g/mol. The smallest absolute Gasteiger partial charge is 0.131 e. The Morgan fingerprint density at radius 3 is 2.38 bits per heavy atom. The predicted molar refractivity (Wildman–Crippen MR) is 104 cm³/mol. The second kappa shape index (κ2) is 8.84. The van der Waals surface area contributed by atoms with Crippen molar-refractivity contribution in [2.75, 3.05) is 0 Å². The van der Waals surface area contributed by atoms with E-state index in [1.807, 2.05) is 42.5 Å². The number of rotatable bonds is 7. The minimum atomic E-state index is -0.354. The van der Waals surface area contributed by atoms with E-state index >= 15 is 0 Å². The van der Waals surface area contributed by atoms with Gasteiger partial charge in [-0.3, -0.25) is 0 Å². The van der Waals surface area contributed by atoms with Gasteiger partial charge >= 0.3 is 0 Å². The summed E-state index contributed by atoms with van der Waals surface area (Å²) >= 11 is 6.01. The zero-order valence-electron chi connectivity index (χ0n) is 14.6. The number of hydrogen-bond donors (Lipinski definition) is 1. The maximum absolute atomic E-state index is 13.8. The molecule has 2 nitrogen and oxygen atoms in total. The Morgan fingerprint density at radius 1 is 0.962 bits per heavy atom. The van der Waals surface area contributed by atoms with Gasteiger partial charge in [0.2, 0.25) is 0 Å². The summed E-state index contributed by atoms with van der Waals surface area (Å²) in [6, 6.07) is 23.0. The quantitative estimate of drug-likeness (QED) is 0.559. The molecule has 0 aromatic heterocycles. The molecule has 0 radical (unpaired) electrons. The van der Waals surface area contributed by atoms with Gasteiger partial charge in [-0.05, 0) is 42.3 Å². The van der Waals surface area contributed by atoms with E-state index in [2.05, 4.69) is 24.4 Å². The van der Waals surface area contributed by atoms with Crippen molar-refractivity contribution in [1.82, 2.24) is 5.32 Å². The van der Waals surface area contributed by atoms with Crippen molar-refractivity contribution in [1.29, 1.82) is 0 Å². The molecule has 3 rings (SSSR count). The van der Waals surface area contributed by atoms with Crippen LogP contribution in [0.15, 0.2) is 72.8 Å². The summed E-state index contributed by atoms with van der Waals surface area (Å²) in [4.78, 5) is 0. The lowest BCUT2D eigenvalue weighted by Crippen LogP contribution is -2.17. The summed E-state index contributed by atoms with van der Waals surface area (Å²) in [7, 11) is 0. The minimum Gasteiger partial charge on any atom is -0.489 e. The summed E-state index contributed by atoms with van der Waals surface area (Å²) in [5, 5.41) is 3.88. The first kappa shape index (κ1) is 18.4. The molecule has 0 bridgehead atoms. The zero-order valence-corrected chi connectivity index (χ0v) is 15.3. The fourth-order valence-electron chi connectivity index (χ4n) is 2.66. The van der Waals surface area contributed by atoms with Gasteiger partial charge in [-0.2, -0.15) is 0 Å². The molecule has 3 aromatic carbocycles. The monoisotopic (exact) mass is 369 g/mol. The maximum atomic E-state index is 13.8. The van der Waals surface area contributed by atoms with Gasteiger partial charge in [0.05, 0.1) is 5.02 Å². The highest BCUT2D eigenvalue weighted by Gasteiger charge is 2.08. The molecule has 4 heteroatoms. The van der Waals surface area contributed by atoms with Crippen LogP contribution in [-0.4, -0.2) is 0 Å². The van der Waals surface area contributed by atoms with Crippen LogP contribution in [0.5, 0.6) is 5.75 Å². The van der Waals surface area contributed by atoms with Crippen molar-refractivity contribution in [2.45, 2.75) is 26.1 Å². The van der Waals surface area contributed by atoms with Crippen molar-refractivity contribution in [3.8, 4) is 5.75 Å². The number of nitrogens with one attached hydrogen (secondary N) is 1. The Kier molecular flexibility index (Phi) is 6.26. The van der Waals surface area contributed by atoms with E-state index in [4.69, 9.17) is 16.3 Å². The normalized spacial score (nSPS) is 12.0. The SMILES string of the molecule is C[C@@H](NCc1ccc(OCc2c(F)cccc2Cl)cc1)c1ccccc1. The molecule has 0 unspecified atom stereocenters. The molecule has 0 heterocycles. The molecule has 0 aliphatic rings. The van der Waals surface area contributed by atoms with E-state index in [9.17, 15) is 4.39 Å². The highest BCUT2D eigenvalue weighted by Crippen LogP contribution is 2.22. The topological polar surface area (TPSA) is 21.3 Å². The van der Waals surface area contributed by atoms with Gasteiger partial charge < -0.3 is 10.1 Å². The summed E-state index contributed by atoms with van der Waals surface area (Å²) in [6.45, 7) is 3.01. The number of hydrogen-bond acceptors (Lipinski definition) is 2. The van der Waals surface area contributed by atoms with E-state index in [0.717, 1.165) is 12.1 Å². The van der Waals surface area contributed by atoms with Gasteiger partial charge in [-0.15, -0.1) is 0 Å². The molecule has 0 aliphatic heterocycles. The average Bonchev–Trinajstić information content (AvgIpc) is 2.67. The lowest BCUT2D eigenvalue weighted by molar-refractivity contribution is 0.300. The van der Waals surface area contributed by atoms with E-state index in [0.29, 0.717) is 16.3 Å². The first-order valence-electron chi connectivity index (χ1n) is 8.56. The molecular formula is C22H21ClFNO. The third-order valence-electron chi connectivity index (χ3n) is 4.28. The molecule has 0 fully saturated rings. The van der Waals surface area contributed by atoms with Crippen molar-refractivity contribution in [2.24, 2.45) is 0 Å². The molecule has 1 N–H and O–H groups in total. The number of ether oxygens (including phenoxy) is 1. The highest BCUT2D eigenvalue weighted by molar-refractivity contribution is 6.31. The van der Waals surface area contributed by atoms with Crippen molar-refractivity contribution >= 4 is 11.6 Å². The van der Waals surface area contributed by atoms with Crippen LogP contribution in [0.4, 0.5) is 4.39 Å². The van der Waals surface area contributed by atoms with Crippen LogP contribution in [0, 0.1) is 5.82 Å². The summed E-state index contributed by atoms with van der Waals surface area (Å²) in [5.41, 5.74) is 2.79. The fourth-order valence-corrected chi connectivity index (χ4v) is 2.88. The van der Waals surface area contributed by atoms with E-state index in [1.165, 1.54) is 11.6 Å². The summed E-state index contributed by atoms with van der Waals surface area (Å²) < 4.78 is 19.4. The Balaban J connectivity index is 1.54. The Bertz CT molecular complexity index is 816. The lowest BCUT2D eigenvalue weighted by Gasteiger charge is -2.14. The molecule has 0 saturated carbocycles. The summed E-state index contributed by atoms with van der Waals surface area (Å²) in [6.07, 6.45) is 0. The van der Waals surface area contributed by atoms with Crippen LogP contribution in [0.25, 0.3) is 0 Å². The van der Waals surface area contributed by atoms with Crippen molar-refractivity contribution < 1.29 is 9.13 Å². The molecule has 0 aliphatic carbocycles. The van der Waals surface area contributed by atoms with Gasteiger partial charge in [0.15, 0.2) is 0 Å². The van der Waals surface area contributed by atoms with E-state index in [1.54, 1.807) is 12.1 Å². The number of benzene rings is 3. The van der Waals surface area contributed by atoms with Crippen LogP contribution in [0.3, 0.4) is 0 Å². The molecule has 0 saturated heterocycles. The molecule has 3 aromatic rings. The second-order valence-electron chi connectivity index (χ2n) is 6.15. The van der Waals surface area contributed by atoms with Crippen LogP contribution < -0.4 is 10.1 Å². The molecule has 1 atom stereocenters. The minimum absolute atomic E-state index is 0.105. The molecule has 0 amide bonds. The largest absolute Gasteiger partial charge is 0.489 e. The fraction of sp³-hybridized carbons (Fsp3) is 0.182. The van der Waals surface area contributed by atoms with Gasteiger partial charge in [-0.1, -0.05) is 60.1 Å². The standard InChI is InChI=1S/C22H21ClFNO/c1-16(18-6-3-2-4-7-18)25-14-17-10-12-19(13-11-17)26-15-20-21(23)8-5-9-22(20)24/h2-13,16,25H,14-15H2,1H3/t16-/m1/s1. The van der Waals surface area contributed by atoms with Gasteiger partial charge in [-0.25, -0.2) is 4.39 Å². The van der Waals surface area contributed by atoms with Crippen molar-refractivity contribution in [3.05, 3.63) is 100 Å². The molecule has 26 heavy (non-hydrogen) atoms. The molecule has 0 spiro atoms. The third-order valence-corrected chi connectivity index (χ3v) is 4.63. The second-order valence-corrected chi connectivity index (χ2v) is 6.55. The zero-order chi connectivity index (χ0) is 18.4. The molecular weight excluding hydrogens is 349 g/mol. The highest BCUT2D eigenvalue weighted by atomic mass is 35.5. The van der Waals surface area contributed by atoms with Gasteiger partial charge in [0, 0.05) is 18.2 Å². The molecule has 134 valence electrons. The van der Waals surface area contributed by atoms with Crippen LogP contribution in [0.1, 0.15) is 29.7 Å². The van der Waals surface area contributed by atoms with Gasteiger partial charge in [0.25, 0.3) is 0 Å². The predicted octanol–water partition coefficient (Wildman–Crippen LogP) is 5.91. The Labute approximate surface area is 158 Å². The van der Waals surface area contributed by atoms with Crippen molar-refractivity contribution in [3.63, 3.8) is 0 Å². The third kappa shape index (κ3) is 4.84. The van der Waals surface area contributed by atoms with Crippen LogP contribution in [-0.2, 0) is 13.2 Å². The van der Waals surface area contributed by atoms with E-state index < -0.39 is 0 Å². The van der Waals surface area contributed by atoms with E-state index in [-0.39, 0.29) is 18.5 Å². The number of halogens is 2. The first-order chi connectivity index (χ1) is 12.6. The first-order valence-corrected chi connectivity index (χ1v) is 8.94. The van der Waals surface area contributed by atoms with Crippen LogP contribution >= 0.6 is 11.6 Å². The Hall–Kier alpha value is -2.36.